The van der Waals surface area contributed by atoms with E-state index >= 15 is 0 Å². The molecule has 12 heteroatoms. The van der Waals surface area contributed by atoms with Gasteiger partial charge in [-0.3, -0.25) is 9.80 Å². The number of rotatable bonds is 20. The Hall–Kier alpha value is -3.00. The van der Waals surface area contributed by atoms with Crippen LogP contribution in [0.2, 0.25) is 0 Å². The van der Waals surface area contributed by atoms with Crippen LogP contribution in [-0.4, -0.2) is 118 Å². The number of aliphatic hydroxyl groups is 2. The fourth-order valence-corrected chi connectivity index (χ4v) is 3.81. The van der Waals surface area contributed by atoms with E-state index in [1.54, 1.807) is 18.2 Å². The smallest absolute Gasteiger partial charge is 0.354 e. The molecular weight excluding hydrogens is 508 g/mol. The highest BCUT2D eigenvalue weighted by molar-refractivity contribution is 5.85. The van der Waals surface area contributed by atoms with Gasteiger partial charge in [-0.15, -0.1) is 0 Å². The highest BCUT2D eigenvalue weighted by Gasteiger charge is 2.14. The molecule has 2 heterocycles. The molecule has 0 aliphatic heterocycles. The summed E-state index contributed by atoms with van der Waals surface area (Å²) in [6, 6.07) is 8.31. The lowest BCUT2D eigenvalue weighted by Gasteiger charge is -2.22. The van der Waals surface area contributed by atoms with E-state index in [1.807, 2.05) is 29.7 Å². The average molecular weight is 549 g/mol. The Kier molecular flexibility index (Phi) is 14.5. The number of aromatic nitrogens is 2. The molecule has 0 bridgehead atoms. The SMILES string of the molecule is CC(C)c1cc(CN(CCO)CCOCCOCCN(CCO)Cc2cccc(C(=O)O)n2)nc(C(=O)O)c1. The van der Waals surface area contributed by atoms with Gasteiger partial charge < -0.3 is 29.9 Å². The van der Waals surface area contributed by atoms with Gasteiger partial charge >= 0.3 is 11.9 Å². The molecule has 0 unspecified atom stereocenters. The van der Waals surface area contributed by atoms with Crippen LogP contribution in [0.3, 0.4) is 0 Å². The van der Waals surface area contributed by atoms with Gasteiger partial charge in [0.25, 0.3) is 0 Å². The van der Waals surface area contributed by atoms with Crippen molar-refractivity contribution < 1.29 is 39.5 Å². The molecule has 0 aromatic carbocycles. The summed E-state index contributed by atoms with van der Waals surface area (Å²) in [4.78, 5) is 34.8. The normalized spacial score (nSPS) is 11.6. The highest BCUT2D eigenvalue weighted by Crippen LogP contribution is 2.17. The second kappa shape index (κ2) is 17.6. The van der Waals surface area contributed by atoms with Crippen LogP contribution in [0.1, 0.15) is 57.7 Å². The van der Waals surface area contributed by atoms with Crippen molar-refractivity contribution in [1.29, 1.82) is 0 Å². The summed E-state index contributed by atoms with van der Waals surface area (Å²) in [6.45, 7) is 8.12. The minimum absolute atomic E-state index is 0.0103. The van der Waals surface area contributed by atoms with E-state index in [0.717, 1.165) is 5.56 Å². The first-order valence-corrected chi connectivity index (χ1v) is 13.0. The predicted octanol–water partition coefficient (Wildman–Crippen LogP) is 1.32. The first-order chi connectivity index (χ1) is 18.7. The van der Waals surface area contributed by atoms with Crippen LogP contribution in [0.25, 0.3) is 0 Å². The molecule has 0 fully saturated rings. The van der Waals surface area contributed by atoms with Crippen LogP contribution >= 0.6 is 0 Å². The molecule has 0 atom stereocenters. The Morgan fingerprint density at radius 2 is 1.31 bits per heavy atom. The summed E-state index contributed by atoms with van der Waals surface area (Å²) in [5.74, 6) is -1.99. The van der Waals surface area contributed by atoms with Crippen LogP contribution in [-0.2, 0) is 22.6 Å². The van der Waals surface area contributed by atoms with Crippen molar-refractivity contribution in [3.05, 3.63) is 58.7 Å². The average Bonchev–Trinajstić information content (AvgIpc) is 2.90. The lowest BCUT2D eigenvalue weighted by molar-refractivity contribution is 0.0268. The third-order valence-corrected chi connectivity index (χ3v) is 5.89. The van der Waals surface area contributed by atoms with Crippen molar-refractivity contribution in [1.82, 2.24) is 19.8 Å². The lowest BCUT2D eigenvalue weighted by Crippen LogP contribution is -2.31. The van der Waals surface area contributed by atoms with Gasteiger partial charge in [0.05, 0.1) is 51.0 Å². The summed E-state index contributed by atoms with van der Waals surface area (Å²) in [5.41, 5.74) is 2.12. The van der Waals surface area contributed by atoms with Gasteiger partial charge in [0.15, 0.2) is 0 Å². The van der Waals surface area contributed by atoms with Crippen LogP contribution in [0.4, 0.5) is 0 Å². The predicted molar refractivity (Wildman–Crippen MR) is 143 cm³/mol. The Morgan fingerprint density at radius 3 is 1.82 bits per heavy atom. The number of hydrogen-bond acceptors (Lipinski definition) is 10. The van der Waals surface area contributed by atoms with Crippen molar-refractivity contribution in [2.45, 2.75) is 32.9 Å². The zero-order chi connectivity index (χ0) is 28.6. The molecule has 4 N–H and O–H groups in total. The third-order valence-electron chi connectivity index (χ3n) is 5.89. The van der Waals surface area contributed by atoms with Gasteiger partial charge in [-0.05, 0) is 35.7 Å². The van der Waals surface area contributed by atoms with Gasteiger partial charge in [-0.25, -0.2) is 19.6 Å². The maximum Gasteiger partial charge on any atom is 0.354 e. The number of carboxylic acids is 2. The molecule has 0 aliphatic rings. The molecule has 0 amide bonds. The number of aliphatic hydroxyl groups excluding tert-OH is 2. The summed E-state index contributed by atoms with van der Waals surface area (Å²) >= 11 is 0. The summed E-state index contributed by atoms with van der Waals surface area (Å²) in [7, 11) is 0. The Labute approximate surface area is 228 Å². The quantitative estimate of drug-likeness (QED) is 0.176. The van der Waals surface area contributed by atoms with Crippen LogP contribution in [0, 0.1) is 0 Å². The Bertz CT molecular complexity index is 1040. The van der Waals surface area contributed by atoms with Crippen molar-refractivity contribution in [2.24, 2.45) is 0 Å². The number of carbonyl (C=O) groups is 2. The van der Waals surface area contributed by atoms with E-state index in [1.165, 1.54) is 6.07 Å². The van der Waals surface area contributed by atoms with Gasteiger partial charge in [0, 0.05) is 39.3 Å². The second-order valence-corrected chi connectivity index (χ2v) is 9.28. The van der Waals surface area contributed by atoms with Crippen molar-refractivity contribution in [3.63, 3.8) is 0 Å². The summed E-state index contributed by atoms with van der Waals surface area (Å²) in [6.07, 6.45) is 0. The zero-order valence-corrected chi connectivity index (χ0v) is 22.7. The first kappa shape index (κ1) is 32.2. The number of ether oxygens (including phenoxy) is 2. The minimum atomic E-state index is -1.09. The minimum Gasteiger partial charge on any atom is -0.477 e. The lowest BCUT2D eigenvalue weighted by atomic mass is 10.0. The number of carboxylic acid groups (broad SMARTS) is 2. The molecule has 0 saturated heterocycles. The molecule has 0 saturated carbocycles. The van der Waals surface area contributed by atoms with E-state index in [-0.39, 0.29) is 30.5 Å². The molecule has 2 rings (SSSR count). The van der Waals surface area contributed by atoms with Gasteiger partial charge in [0.2, 0.25) is 0 Å². The maximum absolute atomic E-state index is 11.5. The number of aromatic carboxylic acids is 2. The maximum atomic E-state index is 11.5. The monoisotopic (exact) mass is 548 g/mol. The van der Waals surface area contributed by atoms with Crippen LogP contribution in [0.15, 0.2) is 30.3 Å². The largest absolute Gasteiger partial charge is 0.477 e. The van der Waals surface area contributed by atoms with E-state index in [9.17, 15) is 24.9 Å². The fraction of sp³-hybridized carbons (Fsp3) is 0.556. The fourth-order valence-electron chi connectivity index (χ4n) is 3.81. The molecule has 0 radical (unpaired) electrons. The van der Waals surface area contributed by atoms with E-state index in [4.69, 9.17) is 14.6 Å². The molecule has 12 nitrogen and oxygen atoms in total. The van der Waals surface area contributed by atoms with Gasteiger partial charge in [0.1, 0.15) is 11.4 Å². The molecule has 0 aliphatic carbocycles. The topological polar surface area (TPSA) is 166 Å². The van der Waals surface area contributed by atoms with Crippen molar-refractivity contribution in [3.8, 4) is 0 Å². The van der Waals surface area contributed by atoms with Gasteiger partial charge in [-0.1, -0.05) is 19.9 Å². The number of pyridine rings is 2. The van der Waals surface area contributed by atoms with E-state index in [0.29, 0.717) is 77.1 Å². The summed E-state index contributed by atoms with van der Waals surface area (Å²) < 4.78 is 11.3. The van der Waals surface area contributed by atoms with Crippen LogP contribution < -0.4 is 0 Å². The molecule has 2 aromatic heterocycles. The molecule has 39 heavy (non-hydrogen) atoms. The number of hydrogen-bond donors (Lipinski definition) is 4. The van der Waals surface area contributed by atoms with Gasteiger partial charge in [-0.2, -0.15) is 0 Å². The van der Waals surface area contributed by atoms with E-state index in [2.05, 4.69) is 9.97 Å². The molecule has 216 valence electrons. The summed E-state index contributed by atoms with van der Waals surface area (Å²) in [5, 5.41) is 37.3. The first-order valence-electron chi connectivity index (χ1n) is 13.0. The van der Waals surface area contributed by atoms with Crippen LogP contribution in [0.5, 0.6) is 0 Å². The molecule has 2 aromatic rings. The van der Waals surface area contributed by atoms with Crippen molar-refractivity contribution >= 4 is 11.9 Å². The second-order valence-electron chi connectivity index (χ2n) is 9.28. The van der Waals surface area contributed by atoms with Crippen molar-refractivity contribution in [2.75, 3.05) is 65.8 Å². The third kappa shape index (κ3) is 12.2. The standard InChI is InChI=1S/C27H40N4O8/c1-20(2)21-16-23(29-25(17-21)27(36)37)19-31(7-11-33)9-13-39-15-14-38-12-8-30(6-10-32)18-22-4-3-5-24(28-22)26(34)35/h3-5,16-17,20,32-33H,6-15,18-19H2,1-2H3,(H,34,35)(H,36,37). The molecular formula is C27H40N4O8. The Morgan fingerprint density at radius 1 is 0.769 bits per heavy atom. The number of nitrogens with zero attached hydrogens (tertiary/aromatic N) is 4. The van der Waals surface area contributed by atoms with E-state index < -0.39 is 11.9 Å². The Balaban J connectivity index is 1.72. The highest BCUT2D eigenvalue weighted by atomic mass is 16.5. The zero-order valence-electron chi connectivity index (χ0n) is 22.7. The molecule has 0 spiro atoms.